The van der Waals surface area contributed by atoms with Crippen LogP contribution < -0.4 is 5.32 Å². The molecular formula is C23H24ClF3N2O3. The summed E-state index contributed by atoms with van der Waals surface area (Å²) in [7, 11) is 0. The van der Waals surface area contributed by atoms with Crippen molar-refractivity contribution in [2.45, 2.75) is 44.1 Å². The average molecular weight is 469 g/mol. The highest BCUT2D eigenvalue weighted by Crippen LogP contribution is 2.44. The fourth-order valence-electron chi connectivity index (χ4n) is 3.85. The van der Waals surface area contributed by atoms with Gasteiger partial charge >= 0.3 is 6.18 Å². The van der Waals surface area contributed by atoms with Crippen LogP contribution in [0.3, 0.4) is 0 Å². The molecule has 0 fully saturated rings. The number of nitrogens with one attached hydrogen (secondary N) is 1. The number of aromatic hydroxyl groups is 1. The Bertz CT molecular complexity index is 1120. The predicted molar refractivity (Wildman–Crippen MR) is 118 cm³/mol. The van der Waals surface area contributed by atoms with Crippen LogP contribution in [0.5, 0.6) is 5.75 Å². The van der Waals surface area contributed by atoms with Gasteiger partial charge in [0.05, 0.1) is 24.4 Å². The van der Waals surface area contributed by atoms with Gasteiger partial charge in [-0.2, -0.15) is 13.2 Å². The number of aliphatic hydroxyl groups is 2. The van der Waals surface area contributed by atoms with E-state index in [1.807, 2.05) is 0 Å². The second-order valence-electron chi connectivity index (χ2n) is 8.44. The van der Waals surface area contributed by atoms with E-state index in [9.17, 15) is 28.5 Å². The lowest BCUT2D eigenvalue weighted by molar-refractivity contribution is -0.260. The maximum atomic E-state index is 14.0. The fourth-order valence-corrected chi connectivity index (χ4v) is 4.01. The van der Waals surface area contributed by atoms with Gasteiger partial charge in [-0.1, -0.05) is 37.6 Å². The Labute approximate surface area is 188 Å². The standard InChI is InChI=1S/C23H24ClF3N2O3/c1-21(2,17-9-6-14(24)10-20(17)31)12-22(32,23(25,26)27)13-28-18-4-3-5-19-16(18)8-7-15(11-30)29-19/h3-10,28,30-32H,11-13H2,1-2H3. The molecule has 0 aliphatic heterocycles. The van der Waals surface area contributed by atoms with Crippen molar-refractivity contribution in [3.8, 4) is 5.75 Å². The Kier molecular flexibility index (Phi) is 6.60. The number of alkyl halides is 3. The van der Waals surface area contributed by atoms with E-state index in [4.69, 9.17) is 11.6 Å². The van der Waals surface area contributed by atoms with Gasteiger partial charge in [-0.25, -0.2) is 0 Å². The third-order valence-corrected chi connectivity index (χ3v) is 5.71. The molecule has 2 aromatic carbocycles. The molecule has 1 aromatic heterocycles. The molecule has 172 valence electrons. The summed E-state index contributed by atoms with van der Waals surface area (Å²) >= 11 is 5.84. The van der Waals surface area contributed by atoms with E-state index in [-0.39, 0.29) is 22.9 Å². The summed E-state index contributed by atoms with van der Waals surface area (Å²) in [5.74, 6) is -0.236. The van der Waals surface area contributed by atoms with Gasteiger partial charge < -0.3 is 20.6 Å². The number of hydrogen-bond donors (Lipinski definition) is 4. The Morgan fingerprint density at radius 2 is 1.78 bits per heavy atom. The number of rotatable bonds is 7. The van der Waals surface area contributed by atoms with Gasteiger partial charge in [-0.05, 0) is 53.8 Å². The molecule has 0 amide bonds. The van der Waals surface area contributed by atoms with Gasteiger partial charge in [0.15, 0.2) is 5.60 Å². The fraction of sp³-hybridized carbons (Fsp3) is 0.348. The van der Waals surface area contributed by atoms with Crippen LogP contribution in [0.4, 0.5) is 18.9 Å². The van der Waals surface area contributed by atoms with Gasteiger partial charge in [0, 0.05) is 16.1 Å². The number of benzene rings is 2. The zero-order valence-electron chi connectivity index (χ0n) is 17.5. The lowest BCUT2D eigenvalue weighted by Gasteiger charge is -2.38. The minimum Gasteiger partial charge on any atom is -0.508 e. The highest BCUT2D eigenvalue weighted by atomic mass is 35.5. The molecule has 1 heterocycles. The first-order valence-electron chi connectivity index (χ1n) is 9.88. The van der Waals surface area contributed by atoms with Crippen molar-refractivity contribution in [1.29, 1.82) is 0 Å². The van der Waals surface area contributed by atoms with Crippen molar-refractivity contribution in [2.75, 3.05) is 11.9 Å². The number of nitrogens with zero attached hydrogens (tertiary/aromatic N) is 1. The van der Waals surface area contributed by atoms with Crippen LogP contribution in [0, 0.1) is 0 Å². The number of aliphatic hydroxyl groups excluding tert-OH is 1. The molecule has 0 aliphatic carbocycles. The van der Waals surface area contributed by atoms with E-state index in [0.717, 1.165) is 0 Å². The first-order chi connectivity index (χ1) is 14.9. The van der Waals surface area contributed by atoms with E-state index in [2.05, 4.69) is 10.3 Å². The van der Waals surface area contributed by atoms with Crippen molar-refractivity contribution in [3.63, 3.8) is 0 Å². The van der Waals surface area contributed by atoms with Gasteiger partial charge in [-0.3, -0.25) is 4.98 Å². The molecule has 0 saturated carbocycles. The third-order valence-electron chi connectivity index (χ3n) is 5.47. The number of hydrogen-bond acceptors (Lipinski definition) is 5. The number of phenolic OH excluding ortho intramolecular Hbond substituents is 1. The van der Waals surface area contributed by atoms with Gasteiger partial charge in [0.2, 0.25) is 0 Å². The molecule has 0 aliphatic rings. The van der Waals surface area contributed by atoms with Crippen LogP contribution in [-0.4, -0.2) is 38.6 Å². The smallest absolute Gasteiger partial charge is 0.418 e. The minimum absolute atomic E-state index is 0.236. The van der Waals surface area contributed by atoms with E-state index < -0.39 is 30.2 Å². The van der Waals surface area contributed by atoms with Crippen LogP contribution in [-0.2, 0) is 12.0 Å². The Hall–Kier alpha value is -2.55. The maximum Gasteiger partial charge on any atom is 0.418 e. The Morgan fingerprint density at radius 1 is 1.06 bits per heavy atom. The van der Waals surface area contributed by atoms with Crippen molar-refractivity contribution in [2.24, 2.45) is 0 Å². The molecule has 0 radical (unpaired) electrons. The predicted octanol–water partition coefficient (Wildman–Crippen LogP) is 5.16. The minimum atomic E-state index is -4.94. The molecule has 1 atom stereocenters. The molecule has 3 aromatic rings. The van der Waals surface area contributed by atoms with Gasteiger partial charge in [0.1, 0.15) is 5.75 Å². The first kappa shape index (κ1) is 24.1. The molecule has 9 heteroatoms. The highest BCUT2D eigenvalue weighted by molar-refractivity contribution is 6.30. The summed E-state index contributed by atoms with van der Waals surface area (Å²) in [6.45, 7) is 1.97. The molecule has 5 nitrogen and oxygen atoms in total. The second kappa shape index (κ2) is 8.77. The highest BCUT2D eigenvalue weighted by Gasteiger charge is 2.56. The molecule has 0 spiro atoms. The molecule has 3 rings (SSSR count). The number of anilines is 1. The molecular weight excluding hydrogens is 445 g/mol. The first-order valence-corrected chi connectivity index (χ1v) is 10.3. The van der Waals surface area contributed by atoms with Crippen LogP contribution >= 0.6 is 11.6 Å². The quantitative estimate of drug-likeness (QED) is 0.385. The lowest BCUT2D eigenvalue weighted by atomic mass is 9.74. The third kappa shape index (κ3) is 4.92. The monoisotopic (exact) mass is 468 g/mol. The van der Waals surface area contributed by atoms with Crippen LogP contribution in [0.25, 0.3) is 10.9 Å². The van der Waals surface area contributed by atoms with E-state index in [1.54, 1.807) is 30.3 Å². The zero-order valence-corrected chi connectivity index (χ0v) is 18.3. The summed E-state index contributed by atoms with van der Waals surface area (Å²) in [4.78, 5) is 4.25. The number of aromatic nitrogens is 1. The van der Waals surface area contributed by atoms with Crippen molar-refractivity contribution in [3.05, 3.63) is 64.8 Å². The summed E-state index contributed by atoms with van der Waals surface area (Å²) in [5.41, 5.74) is -2.76. The van der Waals surface area contributed by atoms with Crippen LogP contribution in [0.15, 0.2) is 48.5 Å². The number of halogens is 4. The van der Waals surface area contributed by atoms with Gasteiger partial charge in [0.25, 0.3) is 0 Å². The Balaban J connectivity index is 1.91. The van der Waals surface area contributed by atoms with Crippen LogP contribution in [0.1, 0.15) is 31.5 Å². The topological polar surface area (TPSA) is 85.6 Å². The summed E-state index contributed by atoms with van der Waals surface area (Å²) in [6.07, 6.45) is -5.64. The maximum absolute atomic E-state index is 14.0. The SMILES string of the molecule is CC(C)(CC(O)(CNc1cccc2nc(CO)ccc12)C(F)(F)F)c1ccc(Cl)cc1O. The second-order valence-corrected chi connectivity index (χ2v) is 8.87. The summed E-state index contributed by atoms with van der Waals surface area (Å²) in [6, 6.07) is 12.3. The molecule has 1 unspecified atom stereocenters. The lowest BCUT2D eigenvalue weighted by Crippen LogP contribution is -2.53. The van der Waals surface area contributed by atoms with Crippen molar-refractivity contribution in [1.82, 2.24) is 4.98 Å². The molecule has 0 bridgehead atoms. The number of phenols is 1. The average Bonchev–Trinajstić information content (AvgIpc) is 2.70. The van der Waals surface area contributed by atoms with E-state index in [1.165, 1.54) is 32.0 Å². The largest absolute Gasteiger partial charge is 0.508 e. The normalized spacial score (nSPS) is 14.4. The van der Waals surface area contributed by atoms with Crippen LogP contribution in [0.2, 0.25) is 5.02 Å². The summed E-state index contributed by atoms with van der Waals surface area (Å²) < 4.78 is 42.1. The van der Waals surface area contributed by atoms with E-state index in [0.29, 0.717) is 22.3 Å². The number of pyridine rings is 1. The van der Waals surface area contributed by atoms with E-state index >= 15 is 0 Å². The van der Waals surface area contributed by atoms with Crippen molar-refractivity contribution < 1.29 is 28.5 Å². The Morgan fingerprint density at radius 3 is 2.41 bits per heavy atom. The molecule has 4 N–H and O–H groups in total. The summed E-state index contributed by atoms with van der Waals surface area (Å²) in [5, 5.41) is 33.7. The molecule has 32 heavy (non-hydrogen) atoms. The molecule has 0 saturated heterocycles. The zero-order chi connectivity index (χ0) is 23.7. The van der Waals surface area contributed by atoms with Crippen molar-refractivity contribution >= 4 is 28.2 Å². The number of fused-ring (bicyclic) bond motifs is 1. The van der Waals surface area contributed by atoms with Gasteiger partial charge in [-0.15, -0.1) is 0 Å².